The highest BCUT2D eigenvalue weighted by Crippen LogP contribution is 2.41. The molecule has 5 aliphatic rings. The number of benzene rings is 1. The first-order valence-corrected chi connectivity index (χ1v) is 16.1. The Morgan fingerprint density at radius 1 is 0.850 bits per heavy atom. The average molecular weight is 530 g/mol. The first-order valence-electron chi connectivity index (χ1n) is 16.1. The molecule has 1 aromatic rings. The standard InChI is InChI=1S/C39H47N/c40-28-10-2-3-11-29-18-20-30(21-19-29)31-22-24-33(25-23-31)35-26-27-39(38-17-9-8-16-37(35)38)36-15-7-6-14-34(36)32-12-4-1-5-13-32/h2-4,6-9,12-13,15-18,20,22,29-30,33-34H,1,5,10-11,14,19,21,23-28,40H2/b3-2-. The molecule has 0 fully saturated rings. The van der Waals surface area contributed by atoms with Crippen LogP contribution in [0.15, 0.2) is 108 Å². The van der Waals surface area contributed by atoms with E-state index in [0.29, 0.717) is 23.7 Å². The Hall–Kier alpha value is -2.90. The lowest BCUT2D eigenvalue weighted by molar-refractivity contribution is 0.461. The molecule has 0 saturated heterocycles. The molecule has 0 amide bonds. The summed E-state index contributed by atoms with van der Waals surface area (Å²) in [5.41, 5.74) is 13.7. The minimum Gasteiger partial charge on any atom is -0.330 e. The molecule has 1 aromatic carbocycles. The van der Waals surface area contributed by atoms with E-state index in [0.717, 1.165) is 19.4 Å². The van der Waals surface area contributed by atoms with E-state index in [1.165, 1.54) is 80.2 Å². The van der Waals surface area contributed by atoms with Gasteiger partial charge in [0.05, 0.1) is 0 Å². The highest BCUT2D eigenvalue weighted by Gasteiger charge is 2.28. The topological polar surface area (TPSA) is 26.0 Å². The van der Waals surface area contributed by atoms with E-state index in [2.05, 4.69) is 91.1 Å². The van der Waals surface area contributed by atoms with Gasteiger partial charge in [-0.05, 0) is 129 Å². The Kier molecular flexibility index (Phi) is 8.99. The van der Waals surface area contributed by atoms with Crippen molar-refractivity contribution in [2.45, 2.75) is 77.0 Å². The molecular weight excluding hydrogens is 482 g/mol. The van der Waals surface area contributed by atoms with Gasteiger partial charge in [-0.3, -0.25) is 0 Å². The molecule has 0 saturated carbocycles. The fourth-order valence-electron chi connectivity index (χ4n) is 7.80. The highest BCUT2D eigenvalue weighted by molar-refractivity contribution is 5.72. The zero-order valence-electron chi connectivity index (χ0n) is 24.2. The van der Waals surface area contributed by atoms with Crippen LogP contribution in [-0.4, -0.2) is 6.54 Å². The van der Waals surface area contributed by atoms with Crippen molar-refractivity contribution in [1.29, 1.82) is 0 Å². The molecular formula is C39H47N. The molecule has 40 heavy (non-hydrogen) atoms. The van der Waals surface area contributed by atoms with Gasteiger partial charge < -0.3 is 5.73 Å². The Labute approximate surface area is 242 Å². The van der Waals surface area contributed by atoms with Crippen LogP contribution in [0.1, 0.15) is 77.0 Å². The molecule has 208 valence electrons. The van der Waals surface area contributed by atoms with Crippen LogP contribution >= 0.6 is 0 Å². The van der Waals surface area contributed by atoms with Gasteiger partial charge in [0.2, 0.25) is 0 Å². The molecule has 0 radical (unpaired) electrons. The molecule has 0 bridgehead atoms. The monoisotopic (exact) mass is 529 g/mol. The van der Waals surface area contributed by atoms with Gasteiger partial charge in [0.25, 0.3) is 0 Å². The second-order valence-corrected chi connectivity index (χ2v) is 12.4. The molecule has 5 aliphatic carbocycles. The van der Waals surface area contributed by atoms with Crippen LogP contribution in [0.4, 0.5) is 0 Å². The third kappa shape index (κ3) is 6.06. The Balaban J connectivity index is 1.21. The third-order valence-corrected chi connectivity index (χ3v) is 9.99. The van der Waals surface area contributed by atoms with Crippen molar-refractivity contribution in [3.05, 3.63) is 118 Å². The smallest absolute Gasteiger partial charge is 0.0124 e. The van der Waals surface area contributed by atoms with Crippen LogP contribution in [0.5, 0.6) is 0 Å². The maximum absolute atomic E-state index is 5.61. The first-order chi connectivity index (χ1) is 19.8. The van der Waals surface area contributed by atoms with Gasteiger partial charge in [0.1, 0.15) is 0 Å². The average Bonchev–Trinajstić information content (AvgIpc) is 3.03. The second-order valence-electron chi connectivity index (χ2n) is 12.4. The summed E-state index contributed by atoms with van der Waals surface area (Å²) in [5, 5.41) is 3.04. The van der Waals surface area contributed by atoms with Gasteiger partial charge in [-0.15, -0.1) is 0 Å². The van der Waals surface area contributed by atoms with Crippen molar-refractivity contribution in [1.82, 2.24) is 0 Å². The lowest BCUT2D eigenvalue weighted by Crippen LogP contribution is -2.35. The van der Waals surface area contributed by atoms with E-state index < -0.39 is 0 Å². The maximum atomic E-state index is 5.61. The normalized spacial score (nSPS) is 28.4. The van der Waals surface area contributed by atoms with E-state index in [9.17, 15) is 0 Å². The molecule has 1 nitrogen and oxygen atoms in total. The molecule has 6 rings (SSSR count). The molecule has 1 heteroatoms. The Morgan fingerprint density at radius 3 is 2.55 bits per heavy atom. The zero-order chi connectivity index (χ0) is 27.1. The van der Waals surface area contributed by atoms with Gasteiger partial charge >= 0.3 is 0 Å². The van der Waals surface area contributed by atoms with Crippen molar-refractivity contribution in [3.8, 4) is 0 Å². The van der Waals surface area contributed by atoms with Crippen LogP contribution in [0, 0.1) is 23.7 Å². The fraction of sp³-hybridized carbons (Fsp3) is 0.436. The summed E-state index contributed by atoms with van der Waals surface area (Å²) < 4.78 is 0. The van der Waals surface area contributed by atoms with Gasteiger partial charge in [-0.25, -0.2) is 0 Å². The van der Waals surface area contributed by atoms with Crippen LogP contribution in [0.25, 0.3) is 11.1 Å². The predicted molar refractivity (Wildman–Crippen MR) is 172 cm³/mol. The van der Waals surface area contributed by atoms with Crippen LogP contribution in [0.3, 0.4) is 0 Å². The summed E-state index contributed by atoms with van der Waals surface area (Å²) >= 11 is 0. The predicted octanol–water partition coefficient (Wildman–Crippen LogP) is 8.16. The van der Waals surface area contributed by atoms with E-state index >= 15 is 0 Å². The Morgan fingerprint density at radius 2 is 1.77 bits per heavy atom. The summed E-state index contributed by atoms with van der Waals surface area (Å²) in [6, 6.07) is 9.34. The second kappa shape index (κ2) is 13.2. The molecule has 0 aromatic heterocycles. The van der Waals surface area contributed by atoms with Crippen molar-refractivity contribution in [2.75, 3.05) is 6.54 Å². The molecule has 0 heterocycles. The van der Waals surface area contributed by atoms with Gasteiger partial charge in [0.15, 0.2) is 0 Å². The van der Waals surface area contributed by atoms with Crippen molar-refractivity contribution in [2.24, 2.45) is 29.4 Å². The SMILES string of the molecule is NCC/C=C\CC1C=CC(C2=CCC(C3=c4ccccc4=C(C4=CC=CCC4C4=CCCC=C4)CC3)CC2)CC1. The highest BCUT2D eigenvalue weighted by atomic mass is 14.5. The number of nitrogens with two attached hydrogens (primary N) is 1. The lowest BCUT2D eigenvalue weighted by Gasteiger charge is -2.32. The van der Waals surface area contributed by atoms with E-state index in [4.69, 9.17) is 5.73 Å². The number of rotatable bonds is 8. The molecule has 0 spiro atoms. The number of fused-ring (bicyclic) bond motifs is 1. The van der Waals surface area contributed by atoms with Gasteiger partial charge in [0, 0.05) is 5.92 Å². The van der Waals surface area contributed by atoms with E-state index in [1.807, 2.05) is 0 Å². The summed E-state index contributed by atoms with van der Waals surface area (Å²) in [6.07, 6.45) is 41.0. The molecule has 4 atom stereocenters. The summed E-state index contributed by atoms with van der Waals surface area (Å²) in [4.78, 5) is 0. The fourth-order valence-corrected chi connectivity index (χ4v) is 7.80. The van der Waals surface area contributed by atoms with Crippen molar-refractivity contribution >= 4 is 11.1 Å². The van der Waals surface area contributed by atoms with E-state index in [-0.39, 0.29) is 0 Å². The van der Waals surface area contributed by atoms with Crippen molar-refractivity contribution < 1.29 is 0 Å². The molecule has 2 N–H and O–H groups in total. The number of hydrogen-bond donors (Lipinski definition) is 1. The summed E-state index contributed by atoms with van der Waals surface area (Å²) in [7, 11) is 0. The third-order valence-electron chi connectivity index (χ3n) is 9.99. The quantitative estimate of drug-likeness (QED) is 0.338. The Bertz CT molecular complexity index is 1400. The zero-order valence-corrected chi connectivity index (χ0v) is 24.2. The number of allylic oxidation sites excluding steroid dienone is 13. The summed E-state index contributed by atoms with van der Waals surface area (Å²) in [6.45, 7) is 0.755. The van der Waals surface area contributed by atoms with Crippen LogP contribution in [-0.2, 0) is 0 Å². The van der Waals surface area contributed by atoms with Gasteiger partial charge in [-0.1, -0.05) is 102 Å². The van der Waals surface area contributed by atoms with Crippen molar-refractivity contribution in [3.63, 3.8) is 0 Å². The van der Waals surface area contributed by atoms with Crippen LogP contribution < -0.4 is 16.2 Å². The molecule has 0 aliphatic heterocycles. The minimum atomic E-state index is 0.511. The largest absolute Gasteiger partial charge is 0.330 e. The molecule has 4 unspecified atom stereocenters. The lowest BCUT2D eigenvalue weighted by atomic mass is 9.72. The van der Waals surface area contributed by atoms with Crippen LogP contribution in [0.2, 0.25) is 0 Å². The summed E-state index contributed by atoms with van der Waals surface area (Å²) in [5.74, 6) is 2.58. The maximum Gasteiger partial charge on any atom is 0.0124 e. The van der Waals surface area contributed by atoms with E-state index in [1.54, 1.807) is 22.3 Å². The number of hydrogen-bond acceptors (Lipinski definition) is 1. The minimum absolute atomic E-state index is 0.511. The van der Waals surface area contributed by atoms with Gasteiger partial charge in [-0.2, -0.15) is 0 Å². The first kappa shape index (κ1) is 27.3.